The van der Waals surface area contributed by atoms with Crippen LogP contribution in [0.15, 0.2) is 54.7 Å². The number of amides is 1. The summed E-state index contributed by atoms with van der Waals surface area (Å²) in [6, 6.07) is 17.0. The summed E-state index contributed by atoms with van der Waals surface area (Å²) in [5, 5.41) is 13.1. The number of aromatic amines is 1. The lowest BCUT2D eigenvalue weighted by atomic mass is 10.0. The number of benzene rings is 2. The zero-order chi connectivity index (χ0) is 18.2. The maximum absolute atomic E-state index is 10.9. The van der Waals surface area contributed by atoms with Gasteiger partial charge in [-0.1, -0.05) is 37.1 Å². The second-order valence-corrected chi connectivity index (χ2v) is 6.45. The summed E-state index contributed by atoms with van der Waals surface area (Å²) < 4.78 is 0. The van der Waals surface area contributed by atoms with E-state index < -0.39 is 0 Å². The maximum atomic E-state index is 10.9. The number of rotatable bonds is 9. The number of carbonyl (C=O) groups excluding carboxylic acids is 1. The van der Waals surface area contributed by atoms with Crippen molar-refractivity contribution >= 4 is 22.5 Å². The summed E-state index contributed by atoms with van der Waals surface area (Å²) in [6.45, 7) is 0.916. The van der Waals surface area contributed by atoms with Gasteiger partial charge in [0.05, 0.1) is 0 Å². The Kier molecular flexibility index (Phi) is 6.28. The zero-order valence-corrected chi connectivity index (χ0v) is 14.8. The minimum atomic E-state index is -0.307. The molecule has 0 atom stereocenters. The largest absolute Gasteiger partial charge is 0.385 e. The fourth-order valence-corrected chi connectivity index (χ4v) is 3.16. The molecule has 0 saturated heterocycles. The first-order valence-corrected chi connectivity index (χ1v) is 9.11. The normalized spacial score (nSPS) is 10.8. The average Bonchev–Trinajstić information content (AvgIpc) is 3.16. The Morgan fingerprint density at radius 1 is 0.962 bits per heavy atom. The van der Waals surface area contributed by atoms with Crippen LogP contribution in [0.4, 0.5) is 5.69 Å². The second kappa shape index (κ2) is 9.06. The maximum Gasteiger partial charge on any atom is 0.243 e. The third kappa shape index (κ3) is 4.64. The molecule has 0 aliphatic rings. The molecule has 136 valence electrons. The molecule has 4 N–H and O–H groups in total. The van der Waals surface area contributed by atoms with Crippen molar-refractivity contribution in [2.75, 3.05) is 11.9 Å². The molecule has 3 aromatic rings. The molecule has 1 heterocycles. The smallest absolute Gasteiger partial charge is 0.243 e. The van der Waals surface area contributed by atoms with Gasteiger partial charge in [0.2, 0.25) is 5.91 Å². The van der Waals surface area contributed by atoms with Crippen molar-refractivity contribution in [2.24, 2.45) is 0 Å². The number of unbranched alkanes of at least 4 members (excludes halogenated alkanes) is 3. The van der Waals surface area contributed by atoms with Gasteiger partial charge in [-0.25, -0.2) is 5.48 Å². The molecule has 1 amide bonds. The molecule has 0 unspecified atom stereocenters. The number of H-pyrrole nitrogens is 1. The SMILES string of the molecule is O=C(CCCCCCNc1ccc(-c2cccc3[nH]ccc23)cc1)NO. The Labute approximate surface area is 153 Å². The molecule has 3 rings (SSSR count). The summed E-state index contributed by atoms with van der Waals surface area (Å²) in [5.41, 5.74) is 6.38. The van der Waals surface area contributed by atoms with Gasteiger partial charge in [-0.3, -0.25) is 10.0 Å². The topological polar surface area (TPSA) is 77.2 Å². The van der Waals surface area contributed by atoms with E-state index in [2.05, 4.69) is 58.8 Å². The fraction of sp³-hybridized carbons (Fsp3) is 0.286. The minimum absolute atomic E-state index is 0.307. The lowest BCUT2D eigenvalue weighted by Gasteiger charge is -2.08. The monoisotopic (exact) mass is 351 g/mol. The summed E-state index contributed by atoms with van der Waals surface area (Å²) in [7, 11) is 0. The van der Waals surface area contributed by atoms with Crippen LogP contribution < -0.4 is 10.8 Å². The first-order valence-electron chi connectivity index (χ1n) is 9.11. The molecule has 2 aromatic carbocycles. The second-order valence-electron chi connectivity index (χ2n) is 6.45. The van der Waals surface area contributed by atoms with E-state index in [0.29, 0.717) is 6.42 Å². The zero-order valence-electron chi connectivity index (χ0n) is 14.8. The van der Waals surface area contributed by atoms with Crippen molar-refractivity contribution in [3.8, 4) is 11.1 Å². The van der Waals surface area contributed by atoms with E-state index in [1.807, 2.05) is 6.20 Å². The molecule has 0 radical (unpaired) electrons. The lowest BCUT2D eigenvalue weighted by Crippen LogP contribution is -2.17. The van der Waals surface area contributed by atoms with Crippen LogP contribution in [0.5, 0.6) is 0 Å². The highest BCUT2D eigenvalue weighted by atomic mass is 16.5. The number of aromatic nitrogens is 1. The standard InChI is InChI=1S/C21H25N3O2/c25-21(24-26)8-3-1-2-4-14-22-17-11-9-16(10-12-17)18-6-5-7-20-19(18)13-15-23-20/h5-7,9-13,15,22-23,26H,1-4,8,14H2,(H,24,25). The number of hydrogen-bond donors (Lipinski definition) is 4. The van der Waals surface area contributed by atoms with Gasteiger partial charge in [-0.05, 0) is 48.2 Å². The van der Waals surface area contributed by atoms with Crippen LogP contribution in [-0.2, 0) is 4.79 Å². The van der Waals surface area contributed by atoms with E-state index in [1.165, 1.54) is 16.5 Å². The van der Waals surface area contributed by atoms with E-state index in [0.717, 1.165) is 43.4 Å². The molecule has 0 aliphatic heterocycles. The van der Waals surface area contributed by atoms with Crippen LogP contribution in [0.25, 0.3) is 22.0 Å². The highest BCUT2D eigenvalue weighted by Gasteiger charge is 2.04. The molecule has 1 aromatic heterocycles. The molecule has 0 aliphatic carbocycles. The highest BCUT2D eigenvalue weighted by molar-refractivity contribution is 5.95. The first-order chi connectivity index (χ1) is 12.8. The van der Waals surface area contributed by atoms with Gasteiger partial charge in [0, 0.05) is 35.8 Å². The van der Waals surface area contributed by atoms with Gasteiger partial charge in [0.1, 0.15) is 0 Å². The number of hydrogen-bond acceptors (Lipinski definition) is 3. The Morgan fingerprint density at radius 3 is 2.58 bits per heavy atom. The molecule has 0 spiro atoms. The third-order valence-corrected chi connectivity index (χ3v) is 4.58. The predicted molar refractivity (Wildman–Crippen MR) is 105 cm³/mol. The number of hydroxylamine groups is 1. The summed E-state index contributed by atoms with van der Waals surface area (Å²) in [4.78, 5) is 14.1. The van der Waals surface area contributed by atoms with Gasteiger partial charge in [0.15, 0.2) is 0 Å². The van der Waals surface area contributed by atoms with Crippen LogP contribution in [0, 0.1) is 0 Å². The van der Waals surface area contributed by atoms with Crippen molar-refractivity contribution < 1.29 is 10.0 Å². The minimum Gasteiger partial charge on any atom is -0.385 e. The van der Waals surface area contributed by atoms with E-state index in [4.69, 9.17) is 5.21 Å². The molecule has 5 nitrogen and oxygen atoms in total. The van der Waals surface area contributed by atoms with Crippen LogP contribution >= 0.6 is 0 Å². The van der Waals surface area contributed by atoms with E-state index in [9.17, 15) is 4.79 Å². The molecule has 5 heteroatoms. The molecular weight excluding hydrogens is 326 g/mol. The quantitative estimate of drug-likeness (QED) is 0.256. The Hall–Kier alpha value is -2.79. The molecule has 0 fully saturated rings. The van der Waals surface area contributed by atoms with E-state index in [-0.39, 0.29) is 5.91 Å². The number of anilines is 1. The summed E-state index contributed by atoms with van der Waals surface area (Å²) in [6.07, 6.45) is 6.30. The average molecular weight is 351 g/mol. The number of fused-ring (bicyclic) bond motifs is 1. The van der Waals surface area contributed by atoms with Gasteiger partial charge in [-0.15, -0.1) is 0 Å². The summed E-state index contributed by atoms with van der Waals surface area (Å²) in [5.74, 6) is -0.307. The van der Waals surface area contributed by atoms with Crippen LogP contribution in [0.2, 0.25) is 0 Å². The third-order valence-electron chi connectivity index (χ3n) is 4.58. The first kappa shape index (κ1) is 18.0. The van der Waals surface area contributed by atoms with Gasteiger partial charge in [0.25, 0.3) is 0 Å². The van der Waals surface area contributed by atoms with Crippen LogP contribution in [-0.4, -0.2) is 22.6 Å². The molecule has 0 bridgehead atoms. The highest BCUT2D eigenvalue weighted by Crippen LogP contribution is 2.28. The van der Waals surface area contributed by atoms with Gasteiger partial charge in [-0.2, -0.15) is 0 Å². The molecular formula is C21H25N3O2. The molecule has 0 saturated carbocycles. The van der Waals surface area contributed by atoms with Crippen molar-refractivity contribution in [1.82, 2.24) is 10.5 Å². The Bertz CT molecular complexity index is 840. The number of carbonyl (C=O) groups is 1. The van der Waals surface area contributed by atoms with Crippen LogP contribution in [0.1, 0.15) is 32.1 Å². The molecule has 26 heavy (non-hydrogen) atoms. The summed E-state index contributed by atoms with van der Waals surface area (Å²) >= 11 is 0. The van der Waals surface area contributed by atoms with E-state index in [1.54, 1.807) is 5.48 Å². The Morgan fingerprint density at radius 2 is 1.77 bits per heavy atom. The number of nitrogens with one attached hydrogen (secondary N) is 3. The van der Waals surface area contributed by atoms with E-state index >= 15 is 0 Å². The predicted octanol–water partition coefficient (Wildman–Crippen LogP) is 4.70. The Balaban J connectivity index is 1.45. The van der Waals surface area contributed by atoms with Crippen LogP contribution in [0.3, 0.4) is 0 Å². The fourth-order valence-electron chi connectivity index (χ4n) is 3.16. The van der Waals surface area contributed by atoms with Crippen molar-refractivity contribution in [3.63, 3.8) is 0 Å². The van der Waals surface area contributed by atoms with Gasteiger partial charge < -0.3 is 10.3 Å². The lowest BCUT2D eigenvalue weighted by molar-refractivity contribution is -0.129. The van der Waals surface area contributed by atoms with Gasteiger partial charge >= 0.3 is 0 Å². The van der Waals surface area contributed by atoms with Crippen molar-refractivity contribution in [2.45, 2.75) is 32.1 Å². The van der Waals surface area contributed by atoms with Crippen molar-refractivity contribution in [3.05, 3.63) is 54.7 Å². The van der Waals surface area contributed by atoms with Crippen molar-refractivity contribution in [1.29, 1.82) is 0 Å².